The molecule has 0 aromatic carbocycles. The molecule has 0 spiro atoms. The van der Waals surface area contributed by atoms with Crippen molar-refractivity contribution in [1.29, 1.82) is 0 Å². The lowest BCUT2D eigenvalue weighted by atomic mass is 9.94. The first-order valence-corrected chi connectivity index (χ1v) is 7.89. The van der Waals surface area contributed by atoms with E-state index in [2.05, 4.69) is 43.4 Å². The molecule has 2 N–H and O–H groups in total. The third-order valence-corrected chi connectivity index (χ3v) is 3.99. The molecule has 1 rings (SSSR count). The third-order valence-electron chi connectivity index (χ3n) is 3.99. The minimum absolute atomic E-state index is 0. The fraction of sp³-hybridized carbons (Fsp3) is 0.933. The molecule has 1 heterocycles. The summed E-state index contributed by atoms with van der Waals surface area (Å²) in [6.45, 7) is 10.9. The Morgan fingerprint density at radius 1 is 1.30 bits per heavy atom. The molecular formula is C15H33IN4. The van der Waals surface area contributed by atoms with Crippen LogP contribution in [0.25, 0.3) is 0 Å². The summed E-state index contributed by atoms with van der Waals surface area (Å²) < 4.78 is 0. The maximum atomic E-state index is 4.70. The van der Waals surface area contributed by atoms with Crippen molar-refractivity contribution in [2.75, 3.05) is 33.2 Å². The average molecular weight is 396 g/mol. The summed E-state index contributed by atoms with van der Waals surface area (Å²) in [5.41, 5.74) is 0. The van der Waals surface area contributed by atoms with Gasteiger partial charge in [-0.15, -0.1) is 24.0 Å². The minimum atomic E-state index is 0. The molecule has 0 radical (unpaired) electrons. The summed E-state index contributed by atoms with van der Waals surface area (Å²) in [4.78, 5) is 7.12. The lowest BCUT2D eigenvalue weighted by Gasteiger charge is -2.28. The molecule has 0 aliphatic carbocycles. The second-order valence-electron chi connectivity index (χ2n) is 5.75. The number of nitrogens with one attached hydrogen (secondary N) is 2. The molecule has 0 aromatic rings. The van der Waals surface area contributed by atoms with Crippen molar-refractivity contribution in [1.82, 2.24) is 15.5 Å². The number of hydrogen-bond donors (Lipinski definition) is 2. The predicted molar refractivity (Wildman–Crippen MR) is 99.1 cm³/mol. The van der Waals surface area contributed by atoms with Gasteiger partial charge < -0.3 is 15.5 Å². The molecule has 20 heavy (non-hydrogen) atoms. The molecule has 120 valence electrons. The monoisotopic (exact) mass is 396 g/mol. The quantitative estimate of drug-likeness (QED) is 0.412. The summed E-state index contributed by atoms with van der Waals surface area (Å²) in [5.74, 6) is 1.84. The van der Waals surface area contributed by atoms with Crippen LogP contribution in [0.1, 0.15) is 46.5 Å². The van der Waals surface area contributed by atoms with Crippen LogP contribution in [0.3, 0.4) is 0 Å². The van der Waals surface area contributed by atoms with Gasteiger partial charge in [-0.05, 0) is 65.6 Å². The van der Waals surface area contributed by atoms with Gasteiger partial charge in [-0.3, -0.25) is 4.99 Å². The largest absolute Gasteiger partial charge is 0.357 e. The van der Waals surface area contributed by atoms with Gasteiger partial charge in [0.05, 0.1) is 0 Å². The maximum absolute atomic E-state index is 4.70. The zero-order valence-corrected chi connectivity index (χ0v) is 15.9. The van der Waals surface area contributed by atoms with Crippen LogP contribution in [-0.2, 0) is 0 Å². The molecule has 1 saturated heterocycles. The molecule has 5 heteroatoms. The Balaban J connectivity index is 0.00000361. The third kappa shape index (κ3) is 8.29. The second kappa shape index (κ2) is 11.6. The molecule has 1 aliphatic heterocycles. The van der Waals surface area contributed by atoms with E-state index in [1.54, 1.807) is 0 Å². The summed E-state index contributed by atoms with van der Waals surface area (Å²) in [6, 6.07) is 0.487. The van der Waals surface area contributed by atoms with Crippen LogP contribution >= 0.6 is 24.0 Å². The van der Waals surface area contributed by atoms with E-state index in [-0.39, 0.29) is 24.0 Å². The van der Waals surface area contributed by atoms with E-state index in [1.807, 2.05) is 0 Å². The van der Waals surface area contributed by atoms with E-state index in [1.165, 1.54) is 32.4 Å². The van der Waals surface area contributed by atoms with Crippen molar-refractivity contribution < 1.29 is 0 Å². The zero-order chi connectivity index (χ0) is 14.1. The van der Waals surface area contributed by atoms with E-state index in [0.717, 1.165) is 31.4 Å². The molecule has 1 aliphatic rings. The number of piperidine rings is 1. The van der Waals surface area contributed by atoms with Crippen LogP contribution in [0.4, 0.5) is 0 Å². The Morgan fingerprint density at radius 3 is 2.50 bits per heavy atom. The highest BCUT2D eigenvalue weighted by atomic mass is 127. The first-order chi connectivity index (χ1) is 9.15. The fourth-order valence-corrected chi connectivity index (χ4v) is 2.37. The molecule has 1 atom stereocenters. The van der Waals surface area contributed by atoms with Crippen molar-refractivity contribution in [3.05, 3.63) is 0 Å². The topological polar surface area (TPSA) is 39.7 Å². The Kier molecular flexibility index (Phi) is 11.6. The van der Waals surface area contributed by atoms with E-state index >= 15 is 0 Å². The molecule has 1 fully saturated rings. The van der Waals surface area contributed by atoms with E-state index in [9.17, 15) is 0 Å². The SMILES string of the molecule is CCNC(=NCCC1CCN(C)CC1)NC(C)CC.I. The standard InChI is InChI=1S/C15H32N4.HI/c1-5-13(3)18-15(16-6-2)17-10-7-14-8-11-19(4)12-9-14;/h13-14H,5-12H2,1-4H3,(H2,16,17,18);1H. The van der Waals surface area contributed by atoms with Crippen molar-refractivity contribution in [2.45, 2.75) is 52.5 Å². The normalized spacial score (nSPS) is 19.3. The average Bonchev–Trinajstić information content (AvgIpc) is 2.41. The van der Waals surface area contributed by atoms with Gasteiger partial charge >= 0.3 is 0 Å². The molecule has 4 nitrogen and oxygen atoms in total. The van der Waals surface area contributed by atoms with Crippen molar-refractivity contribution in [2.24, 2.45) is 10.9 Å². The summed E-state index contributed by atoms with van der Waals surface area (Å²) >= 11 is 0. The minimum Gasteiger partial charge on any atom is -0.357 e. The van der Waals surface area contributed by atoms with Gasteiger partial charge in [0, 0.05) is 19.1 Å². The van der Waals surface area contributed by atoms with Crippen LogP contribution in [0, 0.1) is 5.92 Å². The fourth-order valence-electron chi connectivity index (χ4n) is 2.37. The van der Waals surface area contributed by atoms with Crippen molar-refractivity contribution in [3.63, 3.8) is 0 Å². The number of rotatable bonds is 6. The summed E-state index contributed by atoms with van der Waals surface area (Å²) in [7, 11) is 2.22. The Labute approximate surface area is 142 Å². The smallest absolute Gasteiger partial charge is 0.191 e. The van der Waals surface area contributed by atoms with Gasteiger partial charge in [0.2, 0.25) is 0 Å². The Hall–Kier alpha value is -0.0400. The molecule has 0 amide bonds. The summed E-state index contributed by atoms with van der Waals surface area (Å²) in [5, 5.41) is 6.77. The maximum Gasteiger partial charge on any atom is 0.191 e. The van der Waals surface area contributed by atoms with Gasteiger partial charge in [0.15, 0.2) is 5.96 Å². The van der Waals surface area contributed by atoms with Gasteiger partial charge in [-0.2, -0.15) is 0 Å². The highest BCUT2D eigenvalue weighted by Crippen LogP contribution is 2.19. The zero-order valence-electron chi connectivity index (χ0n) is 13.6. The number of nitrogens with zero attached hydrogens (tertiary/aromatic N) is 2. The lowest BCUT2D eigenvalue weighted by Crippen LogP contribution is -2.42. The first kappa shape index (κ1) is 20.0. The number of aliphatic imine (C=N–C) groups is 1. The molecule has 0 aromatic heterocycles. The lowest BCUT2D eigenvalue weighted by molar-refractivity contribution is 0.214. The highest BCUT2D eigenvalue weighted by molar-refractivity contribution is 14.0. The number of halogens is 1. The van der Waals surface area contributed by atoms with Crippen LogP contribution in [0.2, 0.25) is 0 Å². The molecule has 0 saturated carbocycles. The van der Waals surface area contributed by atoms with Crippen LogP contribution in [0.15, 0.2) is 4.99 Å². The second-order valence-corrected chi connectivity index (χ2v) is 5.75. The number of hydrogen-bond acceptors (Lipinski definition) is 2. The van der Waals surface area contributed by atoms with E-state index in [4.69, 9.17) is 4.99 Å². The van der Waals surface area contributed by atoms with Gasteiger partial charge in [0.1, 0.15) is 0 Å². The Bertz CT molecular complexity index is 263. The number of likely N-dealkylation sites (tertiary alicyclic amines) is 1. The highest BCUT2D eigenvalue weighted by Gasteiger charge is 2.15. The van der Waals surface area contributed by atoms with Crippen LogP contribution in [-0.4, -0.2) is 50.1 Å². The van der Waals surface area contributed by atoms with E-state index in [0.29, 0.717) is 6.04 Å². The summed E-state index contributed by atoms with van der Waals surface area (Å²) in [6.07, 6.45) is 5.02. The van der Waals surface area contributed by atoms with Crippen molar-refractivity contribution >= 4 is 29.9 Å². The van der Waals surface area contributed by atoms with Gasteiger partial charge in [-0.1, -0.05) is 6.92 Å². The van der Waals surface area contributed by atoms with Crippen LogP contribution < -0.4 is 10.6 Å². The molecular weight excluding hydrogens is 363 g/mol. The van der Waals surface area contributed by atoms with E-state index < -0.39 is 0 Å². The van der Waals surface area contributed by atoms with Gasteiger partial charge in [-0.25, -0.2) is 0 Å². The van der Waals surface area contributed by atoms with Crippen molar-refractivity contribution in [3.8, 4) is 0 Å². The first-order valence-electron chi connectivity index (χ1n) is 7.89. The number of guanidine groups is 1. The molecule has 0 bridgehead atoms. The molecule has 1 unspecified atom stereocenters. The predicted octanol–water partition coefficient (Wildman–Crippen LogP) is 2.69. The Morgan fingerprint density at radius 2 is 1.95 bits per heavy atom. The van der Waals surface area contributed by atoms with Crippen LogP contribution in [0.5, 0.6) is 0 Å². The van der Waals surface area contributed by atoms with Gasteiger partial charge in [0.25, 0.3) is 0 Å².